The molecule has 0 aliphatic carbocycles. The third kappa shape index (κ3) is 4.84. The molecule has 8 nitrogen and oxygen atoms in total. The van der Waals surface area contributed by atoms with Gasteiger partial charge in [0.05, 0.1) is 33.0 Å². The van der Waals surface area contributed by atoms with E-state index in [1.807, 2.05) is 44.2 Å². The van der Waals surface area contributed by atoms with E-state index in [0.29, 0.717) is 71.4 Å². The van der Waals surface area contributed by atoms with E-state index in [2.05, 4.69) is 14.9 Å². The second kappa shape index (κ2) is 10.8. The fourth-order valence-electron chi connectivity index (χ4n) is 5.12. The Labute approximate surface area is 227 Å². The van der Waals surface area contributed by atoms with Crippen LogP contribution in [-0.4, -0.2) is 68.3 Å². The lowest BCUT2D eigenvalue weighted by Gasteiger charge is -2.35. The molecule has 0 bridgehead atoms. The Bertz CT molecular complexity index is 1510. The standard InChI is InChI=1S/C30H33FN4O4/c1-18(2)21-15-22(20-8-6-7-9-25(20)38-4)23-16-24(33-28(23)27(21)31)30(36)35-12-10-34(11-13-35)29-26(39-5)14-19(37-3)17-32-29/h6-9,14-18,33H,10-13H2,1-5H3. The van der Waals surface area contributed by atoms with Crippen molar-refractivity contribution in [1.82, 2.24) is 14.9 Å². The Balaban J connectivity index is 1.45. The van der Waals surface area contributed by atoms with Crippen LogP contribution >= 0.6 is 0 Å². The minimum Gasteiger partial charge on any atom is -0.496 e. The second-order valence-corrected chi connectivity index (χ2v) is 9.83. The number of rotatable bonds is 7. The number of para-hydroxylation sites is 1. The summed E-state index contributed by atoms with van der Waals surface area (Å²) in [7, 11) is 4.80. The average molecular weight is 533 g/mol. The van der Waals surface area contributed by atoms with Crippen molar-refractivity contribution < 1.29 is 23.4 Å². The van der Waals surface area contributed by atoms with Gasteiger partial charge in [-0.1, -0.05) is 32.0 Å². The number of carbonyl (C=O) groups excluding carboxylic acids is 1. The van der Waals surface area contributed by atoms with Crippen molar-refractivity contribution in [3.05, 3.63) is 65.7 Å². The number of ether oxygens (including phenoxy) is 3. The zero-order valence-corrected chi connectivity index (χ0v) is 22.9. The van der Waals surface area contributed by atoms with E-state index < -0.39 is 0 Å². The first-order valence-electron chi connectivity index (χ1n) is 13.0. The number of anilines is 1. The Morgan fingerprint density at radius 1 is 0.949 bits per heavy atom. The van der Waals surface area contributed by atoms with Gasteiger partial charge in [-0.25, -0.2) is 9.37 Å². The van der Waals surface area contributed by atoms with Crippen molar-refractivity contribution in [1.29, 1.82) is 0 Å². The molecular formula is C30H33FN4O4. The van der Waals surface area contributed by atoms with E-state index in [4.69, 9.17) is 14.2 Å². The topological polar surface area (TPSA) is 79.9 Å². The quantitative estimate of drug-likeness (QED) is 0.340. The number of aromatic nitrogens is 2. The molecule has 5 rings (SSSR count). The van der Waals surface area contributed by atoms with Gasteiger partial charge in [-0.05, 0) is 35.2 Å². The monoisotopic (exact) mass is 532 g/mol. The van der Waals surface area contributed by atoms with Gasteiger partial charge in [0.2, 0.25) is 0 Å². The minimum atomic E-state index is -0.333. The number of H-pyrrole nitrogens is 1. The Morgan fingerprint density at radius 2 is 1.67 bits per heavy atom. The summed E-state index contributed by atoms with van der Waals surface area (Å²) in [6, 6.07) is 13.1. The van der Waals surface area contributed by atoms with Crippen LogP contribution in [0.2, 0.25) is 0 Å². The number of amides is 1. The maximum absolute atomic E-state index is 15.7. The number of piperazine rings is 1. The molecule has 0 saturated carbocycles. The number of hydrogen-bond acceptors (Lipinski definition) is 6. The van der Waals surface area contributed by atoms with Gasteiger partial charge in [-0.3, -0.25) is 4.79 Å². The average Bonchev–Trinajstić information content (AvgIpc) is 3.43. The molecule has 1 aliphatic rings. The summed E-state index contributed by atoms with van der Waals surface area (Å²) in [5.74, 6) is 2.08. The SMILES string of the molecule is COc1cnc(N2CCN(C(=O)c3cc4c(-c5ccccc5OC)cc(C(C)C)c(F)c4[nH]3)CC2)c(OC)c1. The predicted molar refractivity (Wildman–Crippen MR) is 150 cm³/mol. The molecule has 0 unspecified atom stereocenters. The van der Waals surface area contributed by atoms with Crippen LogP contribution in [-0.2, 0) is 0 Å². The maximum atomic E-state index is 15.7. The van der Waals surface area contributed by atoms with E-state index in [0.717, 1.165) is 11.1 Å². The summed E-state index contributed by atoms with van der Waals surface area (Å²) in [5, 5.41) is 0.649. The van der Waals surface area contributed by atoms with Crippen molar-refractivity contribution in [3.63, 3.8) is 0 Å². The highest BCUT2D eigenvalue weighted by Crippen LogP contribution is 2.39. The fraction of sp³-hybridized carbons (Fsp3) is 0.333. The minimum absolute atomic E-state index is 0.0399. The van der Waals surface area contributed by atoms with Crippen molar-refractivity contribution in [3.8, 4) is 28.4 Å². The number of pyridine rings is 1. The maximum Gasteiger partial charge on any atom is 0.270 e. The molecule has 1 saturated heterocycles. The van der Waals surface area contributed by atoms with Gasteiger partial charge in [0.25, 0.3) is 5.91 Å². The summed E-state index contributed by atoms with van der Waals surface area (Å²) < 4.78 is 32.0. The van der Waals surface area contributed by atoms with Gasteiger partial charge in [-0.15, -0.1) is 0 Å². The van der Waals surface area contributed by atoms with Crippen LogP contribution in [0.25, 0.3) is 22.0 Å². The lowest BCUT2D eigenvalue weighted by atomic mass is 9.93. The zero-order valence-electron chi connectivity index (χ0n) is 22.9. The van der Waals surface area contributed by atoms with Crippen LogP contribution in [0.4, 0.5) is 10.2 Å². The number of carbonyl (C=O) groups is 1. The number of methoxy groups -OCH3 is 3. The molecule has 9 heteroatoms. The van der Waals surface area contributed by atoms with Crippen LogP contribution in [0.3, 0.4) is 0 Å². The van der Waals surface area contributed by atoms with Crippen molar-refractivity contribution in [2.45, 2.75) is 19.8 Å². The van der Waals surface area contributed by atoms with E-state index in [1.54, 1.807) is 44.6 Å². The molecule has 0 spiro atoms. The first-order valence-corrected chi connectivity index (χ1v) is 13.0. The van der Waals surface area contributed by atoms with Gasteiger partial charge < -0.3 is 29.0 Å². The molecule has 39 heavy (non-hydrogen) atoms. The molecule has 3 heterocycles. The molecular weight excluding hydrogens is 499 g/mol. The number of benzene rings is 2. The molecule has 2 aromatic heterocycles. The van der Waals surface area contributed by atoms with Crippen LogP contribution in [0.15, 0.2) is 48.7 Å². The fourth-order valence-corrected chi connectivity index (χ4v) is 5.12. The van der Waals surface area contributed by atoms with Gasteiger partial charge in [-0.2, -0.15) is 0 Å². The molecule has 1 aliphatic heterocycles. The molecule has 1 fully saturated rings. The number of aromatic amines is 1. The highest BCUT2D eigenvalue weighted by molar-refractivity contribution is 6.04. The highest BCUT2D eigenvalue weighted by Gasteiger charge is 2.27. The van der Waals surface area contributed by atoms with Crippen molar-refractivity contribution in [2.75, 3.05) is 52.4 Å². The third-order valence-electron chi connectivity index (χ3n) is 7.26. The highest BCUT2D eigenvalue weighted by atomic mass is 19.1. The number of fused-ring (bicyclic) bond motifs is 1. The van der Waals surface area contributed by atoms with Crippen molar-refractivity contribution in [2.24, 2.45) is 0 Å². The zero-order chi connectivity index (χ0) is 27.7. The lowest BCUT2D eigenvalue weighted by molar-refractivity contribution is 0.0741. The second-order valence-electron chi connectivity index (χ2n) is 9.83. The molecule has 2 aromatic carbocycles. The van der Waals surface area contributed by atoms with E-state index in [-0.39, 0.29) is 17.6 Å². The Kier molecular flexibility index (Phi) is 7.32. The number of hydrogen-bond donors (Lipinski definition) is 1. The van der Waals surface area contributed by atoms with Gasteiger partial charge in [0, 0.05) is 43.2 Å². The third-order valence-corrected chi connectivity index (χ3v) is 7.26. The molecule has 0 radical (unpaired) electrons. The van der Waals surface area contributed by atoms with Crippen LogP contribution in [0, 0.1) is 5.82 Å². The first-order chi connectivity index (χ1) is 18.9. The molecule has 4 aromatic rings. The van der Waals surface area contributed by atoms with Crippen LogP contribution in [0.5, 0.6) is 17.2 Å². The van der Waals surface area contributed by atoms with E-state index in [1.165, 1.54) is 0 Å². The summed E-state index contributed by atoms with van der Waals surface area (Å²) in [5.41, 5.74) is 2.94. The smallest absolute Gasteiger partial charge is 0.270 e. The van der Waals surface area contributed by atoms with E-state index in [9.17, 15) is 4.79 Å². The summed E-state index contributed by atoms with van der Waals surface area (Å²) in [6.45, 7) is 6.06. The first kappa shape index (κ1) is 26.3. The molecule has 204 valence electrons. The summed E-state index contributed by atoms with van der Waals surface area (Å²) in [4.78, 5) is 25.1. The molecule has 0 atom stereocenters. The number of nitrogens with zero attached hydrogens (tertiary/aromatic N) is 3. The van der Waals surface area contributed by atoms with Crippen molar-refractivity contribution >= 4 is 22.6 Å². The van der Waals surface area contributed by atoms with Crippen LogP contribution < -0.4 is 19.1 Å². The number of nitrogens with one attached hydrogen (secondary N) is 1. The lowest BCUT2D eigenvalue weighted by Crippen LogP contribution is -2.49. The molecule has 1 amide bonds. The molecule has 1 N–H and O–H groups in total. The number of halogens is 1. The van der Waals surface area contributed by atoms with Gasteiger partial charge in [0.1, 0.15) is 17.2 Å². The Hall–Kier alpha value is -4.27. The predicted octanol–water partition coefficient (Wildman–Crippen LogP) is 5.48. The summed E-state index contributed by atoms with van der Waals surface area (Å²) in [6.07, 6.45) is 1.65. The largest absolute Gasteiger partial charge is 0.496 e. The van der Waals surface area contributed by atoms with Gasteiger partial charge >= 0.3 is 0 Å². The normalized spacial score (nSPS) is 13.7. The van der Waals surface area contributed by atoms with Crippen LogP contribution in [0.1, 0.15) is 35.8 Å². The Morgan fingerprint density at radius 3 is 2.33 bits per heavy atom. The van der Waals surface area contributed by atoms with E-state index >= 15 is 4.39 Å². The summed E-state index contributed by atoms with van der Waals surface area (Å²) >= 11 is 0. The van der Waals surface area contributed by atoms with Gasteiger partial charge in [0.15, 0.2) is 17.4 Å².